The Labute approximate surface area is 119 Å². The maximum Gasteiger partial charge on any atom is 0.276 e. The fraction of sp³-hybridized carbons (Fsp3) is 0.0769. The van der Waals surface area contributed by atoms with E-state index in [-0.39, 0.29) is 22.8 Å². The Morgan fingerprint density at radius 2 is 2.19 bits per heavy atom. The molecule has 1 aromatic heterocycles. The van der Waals surface area contributed by atoms with E-state index in [9.17, 15) is 14.9 Å². The van der Waals surface area contributed by atoms with Gasteiger partial charge in [-0.25, -0.2) is 4.98 Å². The smallest absolute Gasteiger partial charge is 0.276 e. The highest BCUT2D eigenvalue weighted by molar-refractivity contribution is 6.06. The van der Waals surface area contributed by atoms with Crippen LogP contribution in [0.3, 0.4) is 0 Å². The van der Waals surface area contributed by atoms with Gasteiger partial charge in [0.25, 0.3) is 11.6 Å². The molecule has 0 aliphatic carbocycles. The van der Waals surface area contributed by atoms with Crippen molar-refractivity contribution in [3.63, 3.8) is 0 Å². The third-order valence-corrected chi connectivity index (χ3v) is 2.70. The number of amides is 1. The van der Waals surface area contributed by atoms with Gasteiger partial charge < -0.3 is 15.8 Å². The number of nitro benzene ring substituents is 1. The highest BCUT2D eigenvalue weighted by atomic mass is 16.6. The molecule has 0 saturated carbocycles. The minimum Gasteiger partial charge on any atom is -0.495 e. The van der Waals surface area contributed by atoms with Crippen LogP contribution >= 0.6 is 0 Å². The van der Waals surface area contributed by atoms with E-state index in [0.29, 0.717) is 5.75 Å². The number of hydrogen-bond acceptors (Lipinski definition) is 6. The molecule has 0 spiro atoms. The molecule has 108 valence electrons. The molecule has 0 aliphatic rings. The number of nitrogen functional groups attached to an aromatic ring is 1. The van der Waals surface area contributed by atoms with Crippen LogP contribution in [0, 0.1) is 10.1 Å². The summed E-state index contributed by atoms with van der Waals surface area (Å²) in [4.78, 5) is 26.2. The Hall–Kier alpha value is -3.16. The molecule has 21 heavy (non-hydrogen) atoms. The fourth-order valence-corrected chi connectivity index (χ4v) is 1.70. The van der Waals surface area contributed by atoms with Crippen LogP contribution in [-0.2, 0) is 0 Å². The van der Waals surface area contributed by atoms with E-state index >= 15 is 0 Å². The molecular formula is C13H12N4O4. The van der Waals surface area contributed by atoms with Gasteiger partial charge >= 0.3 is 0 Å². The van der Waals surface area contributed by atoms with Crippen molar-refractivity contribution < 1.29 is 14.5 Å². The first-order chi connectivity index (χ1) is 10.0. The summed E-state index contributed by atoms with van der Waals surface area (Å²) in [6, 6.07) is 7.02. The SMILES string of the molecule is COc1ccc([N+](=O)[O-])cc1NC(=O)c1ncccc1N. The minimum atomic E-state index is -0.577. The fourth-order valence-electron chi connectivity index (χ4n) is 1.70. The van der Waals surface area contributed by atoms with E-state index in [2.05, 4.69) is 10.3 Å². The lowest BCUT2D eigenvalue weighted by Gasteiger charge is -2.10. The van der Waals surface area contributed by atoms with E-state index in [1.165, 1.54) is 37.6 Å². The monoisotopic (exact) mass is 288 g/mol. The largest absolute Gasteiger partial charge is 0.495 e. The summed E-state index contributed by atoms with van der Waals surface area (Å²) in [5.74, 6) is -0.282. The molecule has 0 saturated heterocycles. The standard InChI is InChI=1S/C13H12N4O4/c1-21-11-5-4-8(17(19)20)7-10(11)16-13(18)12-9(14)3-2-6-15-12/h2-7H,14H2,1H3,(H,16,18). The van der Waals surface area contributed by atoms with E-state index in [1.54, 1.807) is 6.07 Å². The second kappa shape index (κ2) is 5.87. The number of methoxy groups -OCH3 is 1. The lowest BCUT2D eigenvalue weighted by molar-refractivity contribution is -0.384. The lowest BCUT2D eigenvalue weighted by atomic mass is 10.2. The number of non-ortho nitro benzene ring substituents is 1. The first-order valence-electron chi connectivity index (χ1n) is 5.87. The van der Waals surface area contributed by atoms with Crippen molar-refractivity contribution in [3.8, 4) is 5.75 Å². The van der Waals surface area contributed by atoms with Crippen LogP contribution in [0.15, 0.2) is 36.5 Å². The molecule has 8 nitrogen and oxygen atoms in total. The Balaban J connectivity index is 2.34. The molecule has 0 bridgehead atoms. The van der Waals surface area contributed by atoms with E-state index in [1.807, 2.05) is 0 Å². The number of anilines is 2. The minimum absolute atomic E-state index is 0.0334. The van der Waals surface area contributed by atoms with Crippen LogP contribution in [-0.4, -0.2) is 22.9 Å². The molecule has 2 rings (SSSR count). The predicted molar refractivity (Wildman–Crippen MR) is 76.3 cm³/mol. The molecule has 8 heteroatoms. The molecule has 0 fully saturated rings. The Bertz CT molecular complexity index is 702. The van der Waals surface area contributed by atoms with Crippen LogP contribution in [0.1, 0.15) is 10.5 Å². The summed E-state index contributed by atoms with van der Waals surface area (Å²) in [7, 11) is 1.39. The molecule has 2 aromatic rings. The Kier molecular flexibility index (Phi) is 3.98. The van der Waals surface area contributed by atoms with Gasteiger partial charge in [0.1, 0.15) is 5.75 Å². The van der Waals surface area contributed by atoms with Crippen LogP contribution in [0.25, 0.3) is 0 Å². The summed E-state index contributed by atoms with van der Waals surface area (Å²) in [5, 5.41) is 13.3. The molecule has 0 atom stereocenters. The predicted octanol–water partition coefficient (Wildman–Crippen LogP) is 1.83. The molecule has 0 radical (unpaired) electrons. The Morgan fingerprint density at radius 3 is 2.81 bits per heavy atom. The molecule has 1 aromatic carbocycles. The van der Waals surface area contributed by atoms with Gasteiger partial charge in [-0.1, -0.05) is 0 Å². The van der Waals surface area contributed by atoms with Gasteiger partial charge in [0.05, 0.1) is 23.4 Å². The Morgan fingerprint density at radius 1 is 1.43 bits per heavy atom. The maximum absolute atomic E-state index is 12.1. The summed E-state index contributed by atoms with van der Waals surface area (Å²) < 4.78 is 5.06. The average molecular weight is 288 g/mol. The lowest BCUT2D eigenvalue weighted by Crippen LogP contribution is -2.16. The number of nitrogens with zero attached hydrogens (tertiary/aromatic N) is 2. The zero-order valence-electron chi connectivity index (χ0n) is 11.1. The van der Waals surface area contributed by atoms with Crippen molar-refractivity contribution in [2.75, 3.05) is 18.2 Å². The van der Waals surface area contributed by atoms with Gasteiger partial charge in [0.15, 0.2) is 5.69 Å². The van der Waals surface area contributed by atoms with Crippen molar-refractivity contribution in [1.82, 2.24) is 4.98 Å². The van der Waals surface area contributed by atoms with Gasteiger partial charge in [-0.05, 0) is 18.2 Å². The van der Waals surface area contributed by atoms with Gasteiger partial charge in [-0.3, -0.25) is 14.9 Å². The summed E-state index contributed by atoms with van der Waals surface area (Å²) in [6.45, 7) is 0. The molecule has 3 N–H and O–H groups in total. The second-order valence-corrected chi connectivity index (χ2v) is 4.04. The van der Waals surface area contributed by atoms with Gasteiger partial charge in [0.2, 0.25) is 0 Å². The number of rotatable bonds is 4. The maximum atomic E-state index is 12.1. The van der Waals surface area contributed by atoms with Gasteiger partial charge in [-0.15, -0.1) is 0 Å². The van der Waals surface area contributed by atoms with Crippen molar-refractivity contribution in [2.24, 2.45) is 0 Å². The van der Waals surface area contributed by atoms with Gasteiger partial charge in [-0.2, -0.15) is 0 Å². The third-order valence-electron chi connectivity index (χ3n) is 2.70. The first-order valence-corrected chi connectivity index (χ1v) is 5.87. The molecule has 1 heterocycles. The quantitative estimate of drug-likeness (QED) is 0.654. The van der Waals surface area contributed by atoms with Gasteiger partial charge in [0, 0.05) is 18.3 Å². The number of nitro groups is 1. The highest BCUT2D eigenvalue weighted by Gasteiger charge is 2.16. The molecule has 0 aliphatic heterocycles. The zero-order valence-corrected chi connectivity index (χ0v) is 11.1. The zero-order chi connectivity index (χ0) is 15.4. The van der Waals surface area contributed by atoms with Crippen molar-refractivity contribution in [3.05, 3.63) is 52.3 Å². The van der Waals surface area contributed by atoms with Crippen molar-refractivity contribution >= 4 is 23.0 Å². The first kappa shape index (κ1) is 14.3. The van der Waals surface area contributed by atoms with Crippen LogP contribution in [0.5, 0.6) is 5.75 Å². The molecule has 1 amide bonds. The van der Waals surface area contributed by atoms with Crippen LogP contribution in [0.2, 0.25) is 0 Å². The van der Waals surface area contributed by atoms with Crippen LogP contribution in [0.4, 0.5) is 17.1 Å². The third kappa shape index (κ3) is 3.06. The highest BCUT2D eigenvalue weighted by Crippen LogP contribution is 2.29. The number of aromatic nitrogens is 1. The van der Waals surface area contributed by atoms with E-state index < -0.39 is 10.8 Å². The number of pyridine rings is 1. The molecular weight excluding hydrogens is 276 g/mol. The normalized spacial score (nSPS) is 9.95. The van der Waals surface area contributed by atoms with Crippen molar-refractivity contribution in [2.45, 2.75) is 0 Å². The summed E-state index contributed by atoms with van der Waals surface area (Å²) in [5.41, 5.74) is 5.90. The molecule has 0 unspecified atom stereocenters. The number of ether oxygens (including phenoxy) is 1. The summed E-state index contributed by atoms with van der Waals surface area (Å²) in [6.07, 6.45) is 1.43. The second-order valence-electron chi connectivity index (χ2n) is 4.04. The number of benzene rings is 1. The number of nitrogens with one attached hydrogen (secondary N) is 1. The average Bonchev–Trinajstić information content (AvgIpc) is 2.47. The number of carbonyl (C=O) groups is 1. The number of hydrogen-bond donors (Lipinski definition) is 2. The topological polar surface area (TPSA) is 120 Å². The van der Waals surface area contributed by atoms with E-state index in [0.717, 1.165) is 0 Å². The number of nitrogens with two attached hydrogens (primary N) is 1. The van der Waals surface area contributed by atoms with Crippen molar-refractivity contribution in [1.29, 1.82) is 0 Å². The van der Waals surface area contributed by atoms with E-state index in [4.69, 9.17) is 10.5 Å². The van der Waals surface area contributed by atoms with Crippen LogP contribution < -0.4 is 15.8 Å². The number of carbonyl (C=O) groups excluding carboxylic acids is 1. The summed E-state index contributed by atoms with van der Waals surface area (Å²) >= 11 is 0.